The smallest absolute Gasteiger partial charge is 0.367 e. The third-order valence-electron chi connectivity index (χ3n) is 5.61. The lowest BCUT2D eigenvalue weighted by Crippen LogP contribution is -2.57. The number of carbonyl (C=O) groups excluding carboxylic acids is 1. The number of halogens is 5. The lowest BCUT2D eigenvalue weighted by atomic mass is 9.88. The molecule has 0 radical (unpaired) electrons. The lowest BCUT2D eigenvalue weighted by Gasteiger charge is -2.43. The first kappa shape index (κ1) is 24.4. The number of likely N-dealkylation sites (tertiary alicyclic amines) is 1. The molecule has 1 aliphatic heterocycles. The minimum Gasteiger partial charge on any atom is -0.367 e. The van der Waals surface area contributed by atoms with Gasteiger partial charge < -0.3 is 10.2 Å². The van der Waals surface area contributed by atoms with Crippen LogP contribution >= 0.6 is 0 Å². The molecule has 4 heterocycles. The molecule has 0 aliphatic carbocycles. The molecule has 0 aromatic carbocycles. The maximum absolute atomic E-state index is 14.5. The molecule has 14 heteroatoms. The van der Waals surface area contributed by atoms with E-state index in [1.54, 1.807) is 20.0 Å². The van der Waals surface area contributed by atoms with Gasteiger partial charge in [0.25, 0.3) is 11.8 Å². The highest BCUT2D eigenvalue weighted by Gasteiger charge is 2.47. The van der Waals surface area contributed by atoms with Crippen molar-refractivity contribution in [2.75, 3.05) is 18.4 Å². The molecule has 0 saturated carbocycles. The van der Waals surface area contributed by atoms with Crippen LogP contribution in [0.15, 0.2) is 37.1 Å². The van der Waals surface area contributed by atoms with E-state index in [9.17, 15) is 26.7 Å². The monoisotopic (exact) mass is 496 g/mol. The van der Waals surface area contributed by atoms with Crippen molar-refractivity contribution in [2.24, 2.45) is 13.0 Å². The number of nitrogens with one attached hydrogen (secondary N) is 1. The second kappa shape index (κ2) is 9.15. The first-order valence-electron chi connectivity index (χ1n) is 10.6. The number of aryl methyl sites for hydroxylation is 1. The van der Waals surface area contributed by atoms with Gasteiger partial charge in [-0.2, -0.15) is 18.3 Å². The standard InChI is InChI=1S/C21H21F5N8O/c1-12-6-20(22,23)11-34(14(12)7-30-16-9-29-15(8-31-16)21(24,25)26)19(35)17-13(10-33(2)32-17)18-27-4-3-5-28-18/h3-5,8-10,12,14H,6-7,11H2,1-2H3,(H,30,31)/t12-,14?/m1/s1. The number of alkyl halides is 5. The Labute approximate surface area is 196 Å². The van der Waals surface area contributed by atoms with Crippen molar-refractivity contribution in [2.45, 2.75) is 31.5 Å². The van der Waals surface area contributed by atoms with Gasteiger partial charge >= 0.3 is 6.18 Å². The highest BCUT2D eigenvalue weighted by atomic mass is 19.4. The van der Waals surface area contributed by atoms with E-state index in [-0.39, 0.29) is 23.9 Å². The summed E-state index contributed by atoms with van der Waals surface area (Å²) in [4.78, 5) is 29.8. The Morgan fingerprint density at radius 1 is 1.17 bits per heavy atom. The highest BCUT2D eigenvalue weighted by molar-refractivity contribution is 5.98. The fourth-order valence-corrected chi connectivity index (χ4v) is 4.04. The van der Waals surface area contributed by atoms with Gasteiger partial charge in [-0.05, 0) is 12.0 Å². The Balaban J connectivity index is 1.60. The fourth-order valence-electron chi connectivity index (χ4n) is 4.04. The average molecular weight is 496 g/mol. The molecular formula is C21H21F5N8O. The minimum absolute atomic E-state index is 0.0196. The molecule has 1 N–H and O–H groups in total. The number of aromatic nitrogens is 6. The number of amides is 1. The third kappa shape index (κ3) is 5.35. The molecule has 1 aliphatic rings. The topological polar surface area (TPSA) is 102 Å². The summed E-state index contributed by atoms with van der Waals surface area (Å²) < 4.78 is 68.6. The molecular weight excluding hydrogens is 475 g/mol. The van der Waals surface area contributed by atoms with Gasteiger partial charge in [-0.15, -0.1) is 0 Å². The summed E-state index contributed by atoms with van der Waals surface area (Å²) in [6.07, 6.45) is 0.875. The van der Waals surface area contributed by atoms with Crippen LogP contribution in [0.4, 0.5) is 27.8 Å². The number of hydrogen-bond donors (Lipinski definition) is 1. The molecule has 9 nitrogen and oxygen atoms in total. The van der Waals surface area contributed by atoms with Gasteiger partial charge in [0.1, 0.15) is 5.82 Å². The van der Waals surface area contributed by atoms with Gasteiger partial charge in [-0.25, -0.2) is 28.7 Å². The predicted octanol–water partition coefficient (Wildman–Crippen LogP) is 3.28. The summed E-state index contributed by atoms with van der Waals surface area (Å²) >= 11 is 0. The number of nitrogens with zero attached hydrogens (tertiary/aromatic N) is 7. The van der Waals surface area contributed by atoms with Crippen molar-refractivity contribution in [3.8, 4) is 11.4 Å². The van der Waals surface area contributed by atoms with E-state index in [0.29, 0.717) is 11.8 Å². The second-order valence-corrected chi connectivity index (χ2v) is 8.34. The predicted molar refractivity (Wildman–Crippen MR) is 113 cm³/mol. The van der Waals surface area contributed by atoms with E-state index >= 15 is 0 Å². The first-order chi connectivity index (χ1) is 16.4. The van der Waals surface area contributed by atoms with Crippen LogP contribution in [0.1, 0.15) is 29.5 Å². The van der Waals surface area contributed by atoms with Gasteiger partial charge in [-0.3, -0.25) is 9.48 Å². The molecule has 186 valence electrons. The Bertz CT molecular complexity index is 1180. The van der Waals surface area contributed by atoms with Crippen LogP contribution in [0.3, 0.4) is 0 Å². The number of rotatable bonds is 5. The Morgan fingerprint density at radius 2 is 1.89 bits per heavy atom. The van der Waals surface area contributed by atoms with E-state index in [1.165, 1.54) is 23.3 Å². The Kier molecular flexibility index (Phi) is 6.38. The largest absolute Gasteiger partial charge is 0.434 e. The summed E-state index contributed by atoms with van der Waals surface area (Å²) in [5.74, 6) is -4.26. The number of hydrogen-bond acceptors (Lipinski definition) is 7. The summed E-state index contributed by atoms with van der Waals surface area (Å²) in [6.45, 7) is 0.706. The van der Waals surface area contributed by atoms with E-state index in [4.69, 9.17) is 0 Å². The normalized spacial score (nSPS) is 20.0. The zero-order valence-corrected chi connectivity index (χ0v) is 18.7. The third-order valence-corrected chi connectivity index (χ3v) is 5.61. The van der Waals surface area contributed by atoms with Crippen LogP contribution in [-0.4, -0.2) is 65.6 Å². The van der Waals surface area contributed by atoms with E-state index < -0.39 is 48.6 Å². The average Bonchev–Trinajstić information content (AvgIpc) is 3.19. The molecule has 1 saturated heterocycles. The van der Waals surface area contributed by atoms with Crippen LogP contribution in [0.5, 0.6) is 0 Å². The highest BCUT2D eigenvalue weighted by Crippen LogP contribution is 2.36. The molecule has 2 atom stereocenters. The molecule has 4 rings (SSSR count). The van der Waals surface area contributed by atoms with Gasteiger partial charge in [-0.1, -0.05) is 6.92 Å². The SMILES string of the molecule is C[C@@H]1CC(F)(F)CN(C(=O)c2nn(C)cc2-c2ncccn2)C1CNc1cnc(C(F)(F)F)cn1. The first-order valence-corrected chi connectivity index (χ1v) is 10.6. The zero-order valence-electron chi connectivity index (χ0n) is 18.7. The van der Waals surface area contributed by atoms with Crippen molar-refractivity contribution in [3.05, 3.63) is 48.4 Å². The van der Waals surface area contributed by atoms with Crippen molar-refractivity contribution in [3.63, 3.8) is 0 Å². The van der Waals surface area contributed by atoms with E-state index in [0.717, 1.165) is 11.1 Å². The minimum atomic E-state index is -4.64. The van der Waals surface area contributed by atoms with Crippen LogP contribution in [0.2, 0.25) is 0 Å². The molecule has 35 heavy (non-hydrogen) atoms. The van der Waals surface area contributed by atoms with Crippen LogP contribution in [0.25, 0.3) is 11.4 Å². The molecule has 1 unspecified atom stereocenters. The summed E-state index contributed by atoms with van der Waals surface area (Å²) in [5.41, 5.74) is -0.945. The van der Waals surface area contributed by atoms with Crippen LogP contribution in [0, 0.1) is 5.92 Å². The lowest BCUT2D eigenvalue weighted by molar-refractivity contribution is -0.141. The van der Waals surface area contributed by atoms with Crippen molar-refractivity contribution in [1.82, 2.24) is 34.6 Å². The number of carbonyl (C=O) groups is 1. The summed E-state index contributed by atoms with van der Waals surface area (Å²) in [7, 11) is 1.58. The maximum Gasteiger partial charge on any atom is 0.434 e. The summed E-state index contributed by atoms with van der Waals surface area (Å²) in [5, 5.41) is 6.98. The van der Waals surface area contributed by atoms with Crippen LogP contribution in [-0.2, 0) is 13.2 Å². The van der Waals surface area contributed by atoms with Crippen molar-refractivity contribution < 1.29 is 26.7 Å². The molecule has 0 spiro atoms. The summed E-state index contributed by atoms with van der Waals surface area (Å²) in [6, 6.07) is 0.873. The quantitative estimate of drug-likeness (QED) is 0.541. The Morgan fingerprint density at radius 3 is 2.51 bits per heavy atom. The molecule has 3 aromatic rings. The molecule has 0 bridgehead atoms. The zero-order chi connectivity index (χ0) is 25.4. The van der Waals surface area contributed by atoms with E-state index in [1.807, 2.05) is 0 Å². The van der Waals surface area contributed by atoms with Gasteiger partial charge in [0.2, 0.25) is 0 Å². The molecule has 1 fully saturated rings. The molecule has 1 amide bonds. The van der Waals surface area contributed by atoms with E-state index in [2.05, 4.69) is 30.4 Å². The van der Waals surface area contributed by atoms with Gasteiger partial charge in [0.15, 0.2) is 17.2 Å². The fraction of sp³-hybridized carbons (Fsp3) is 0.429. The van der Waals surface area contributed by atoms with Crippen molar-refractivity contribution in [1.29, 1.82) is 0 Å². The maximum atomic E-state index is 14.5. The van der Waals surface area contributed by atoms with Crippen molar-refractivity contribution >= 4 is 11.7 Å². The second-order valence-electron chi connectivity index (χ2n) is 8.34. The number of anilines is 1. The molecule has 3 aromatic heterocycles. The number of piperidine rings is 1. The van der Waals surface area contributed by atoms with Gasteiger partial charge in [0.05, 0.1) is 30.5 Å². The Hall–Kier alpha value is -3.71. The van der Waals surface area contributed by atoms with Crippen LogP contribution < -0.4 is 5.32 Å². The van der Waals surface area contributed by atoms with Gasteiger partial charge in [0, 0.05) is 38.6 Å².